The second-order valence-electron chi connectivity index (χ2n) is 20.8. The second kappa shape index (κ2) is 18.8. The van der Waals surface area contributed by atoms with Crippen LogP contribution in [-0.4, -0.2) is 27.6 Å². The third kappa shape index (κ3) is 9.12. The minimum Gasteiger partial charge on any atom is -0.501 e. The van der Waals surface area contributed by atoms with Crippen LogP contribution in [0, 0.1) is 12.1 Å². The fraction of sp³-hybridized carbons (Fsp3) is 0.210. The van der Waals surface area contributed by atoms with Crippen molar-refractivity contribution >= 4 is 67.8 Å². The van der Waals surface area contributed by atoms with Gasteiger partial charge in [-0.05, 0) is 97.7 Å². The SMILES string of the molecule is CC(C)(C)c1cc(-c2[c-]cccc2)ncn1.CC(C)c1cc(-c2ccccc2)cc(C(C)C)c1-n1c(-c2[c-]ccc3c2oc2cc4c(ccc5ccc([Si](C)(C)C)cc54)cc23)nc2ccccc21.[Ir]. The van der Waals surface area contributed by atoms with Crippen molar-refractivity contribution in [2.45, 2.75) is 85.4 Å². The molecular formula is C62H58IrN4OSi-2. The van der Waals surface area contributed by atoms with Crippen molar-refractivity contribution in [3.8, 4) is 39.5 Å². The Kier molecular flexibility index (Phi) is 12.9. The maximum Gasteiger partial charge on any atom is 0.121 e. The summed E-state index contributed by atoms with van der Waals surface area (Å²) in [5, 5.41) is 8.64. The number of benzene rings is 8. The molecule has 3 heterocycles. The molecule has 0 N–H and O–H groups in total. The average Bonchev–Trinajstić information content (AvgIpc) is 3.91. The molecule has 0 fully saturated rings. The Balaban J connectivity index is 0.000000296. The molecule has 0 bridgehead atoms. The van der Waals surface area contributed by atoms with Gasteiger partial charge in [-0.2, -0.15) is 0 Å². The molecule has 0 aliphatic carbocycles. The van der Waals surface area contributed by atoms with Gasteiger partial charge in [-0.15, -0.1) is 54.1 Å². The van der Waals surface area contributed by atoms with Crippen molar-refractivity contribution in [1.29, 1.82) is 0 Å². The molecule has 0 amide bonds. The monoisotopic (exact) mass is 1100 g/mol. The molecule has 0 aliphatic rings. The summed E-state index contributed by atoms with van der Waals surface area (Å²) in [6.07, 6.45) is 1.62. The molecule has 347 valence electrons. The van der Waals surface area contributed by atoms with E-state index in [-0.39, 0.29) is 37.4 Å². The average molecular weight is 1100 g/mol. The van der Waals surface area contributed by atoms with Crippen molar-refractivity contribution < 1.29 is 24.5 Å². The van der Waals surface area contributed by atoms with Crippen LogP contribution in [0.1, 0.15) is 77.1 Å². The van der Waals surface area contributed by atoms with E-state index < -0.39 is 8.07 Å². The fourth-order valence-electron chi connectivity index (χ4n) is 9.43. The van der Waals surface area contributed by atoms with Gasteiger partial charge in [-0.3, -0.25) is 9.97 Å². The third-order valence-corrected chi connectivity index (χ3v) is 15.2. The number of para-hydroxylation sites is 2. The molecule has 11 aromatic rings. The topological polar surface area (TPSA) is 56.7 Å². The summed E-state index contributed by atoms with van der Waals surface area (Å²) in [6.45, 7) is 22.9. The number of nitrogens with zero attached hydrogens (tertiary/aromatic N) is 4. The van der Waals surface area contributed by atoms with E-state index in [1.807, 2.05) is 36.4 Å². The molecule has 1 radical (unpaired) electrons. The van der Waals surface area contributed by atoms with E-state index in [9.17, 15) is 0 Å². The van der Waals surface area contributed by atoms with E-state index in [0.717, 1.165) is 61.3 Å². The van der Waals surface area contributed by atoms with Gasteiger partial charge in [-0.25, -0.2) is 4.98 Å². The van der Waals surface area contributed by atoms with Gasteiger partial charge in [0.25, 0.3) is 0 Å². The fourth-order valence-corrected chi connectivity index (χ4v) is 10.6. The smallest absolute Gasteiger partial charge is 0.121 e. The first-order valence-electron chi connectivity index (χ1n) is 23.9. The van der Waals surface area contributed by atoms with Crippen molar-refractivity contribution in [3.05, 3.63) is 187 Å². The standard InChI is InChI=1S/C48H43N2OSi.C14H15N2.Ir/c1-29(2)38-25-34(31-14-9-8-10-15-31)26-39(30(3)4)46(38)50-44-19-12-11-18-43(44)49-48(50)37-17-13-16-36-42-24-33-21-20-32-22-23-35(52(5,6)7)27-40(32)41(33)28-45(42)51-47(36)37;1-14(2,3)13-9-12(15-10-16-13)11-7-5-4-6-8-11;/h8-16,18-30H,1-7H3;4-7,9-10H,1-3H3;/q2*-1;. The van der Waals surface area contributed by atoms with Gasteiger partial charge in [0.15, 0.2) is 0 Å². The van der Waals surface area contributed by atoms with Crippen LogP contribution in [0.4, 0.5) is 0 Å². The zero-order valence-electron chi connectivity index (χ0n) is 41.2. The summed E-state index contributed by atoms with van der Waals surface area (Å²) in [6, 6.07) is 60.9. The molecule has 3 aromatic heterocycles. The van der Waals surface area contributed by atoms with Crippen LogP contribution in [-0.2, 0) is 25.5 Å². The van der Waals surface area contributed by atoms with Crippen LogP contribution in [0.5, 0.6) is 0 Å². The second-order valence-corrected chi connectivity index (χ2v) is 25.8. The molecule has 0 unspecified atom stereocenters. The Hall–Kier alpha value is -6.50. The number of hydrogen-bond donors (Lipinski definition) is 0. The van der Waals surface area contributed by atoms with E-state index >= 15 is 0 Å². The molecule has 0 atom stereocenters. The molecule has 69 heavy (non-hydrogen) atoms. The van der Waals surface area contributed by atoms with Crippen LogP contribution < -0.4 is 5.19 Å². The zero-order valence-corrected chi connectivity index (χ0v) is 44.6. The summed E-state index contributed by atoms with van der Waals surface area (Å²) in [4.78, 5) is 14.0. The number of hydrogen-bond acceptors (Lipinski definition) is 4. The zero-order chi connectivity index (χ0) is 47.5. The molecule has 8 aromatic carbocycles. The van der Waals surface area contributed by atoms with Crippen LogP contribution in [0.15, 0.2) is 162 Å². The largest absolute Gasteiger partial charge is 0.501 e. The molecule has 7 heteroatoms. The van der Waals surface area contributed by atoms with E-state index in [0.29, 0.717) is 0 Å². The Morgan fingerprint density at radius 3 is 1.99 bits per heavy atom. The maximum atomic E-state index is 6.94. The van der Waals surface area contributed by atoms with Crippen LogP contribution >= 0.6 is 0 Å². The number of aromatic nitrogens is 4. The quantitative estimate of drug-likeness (QED) is 0.0907. The summed E-state index contributed by atoms with van der Waals surface area (Å²) in [7, 11) is -1.49. The molecule has 0 spiro atoms. The first-order valence-corrected chi connectivity index (χ1v) is 27.4. The number of imidazole rings is 1. The van der Waals surface area contributed by atoms with Crippen LogP contribution in [0.25, 0.3) is 94.0 Å². The van der Waals surface area contributed by atoms with Crippen LogP contribution in [0.2, 0.25) is 19.6 Å². The molecule has 0 saturated heterocycles. The van der Waals surface area contributed by atoms with Gasteiger partial charge in [0.2, 0.25) is 0 Å². The number of furan rings is 1. The third-order valence-electron chi connectivity index (χ3n) is 13.2. The summed E-state index contributed by atoms with van der Waals surface area (Å²) >= 11 is 0. The van der Waals surface area contributed by atoms with Gasteiger partial charge >= 0.3 is 0 Å². The Bertz CT molecular complexity index is 3620. The predicted octanol–water partition coefficient (Wildman–Crippen LogP) is 16.4. The molecule has 0 saturated carbocycles. The van der Waals surface area contributed by atoms with Crippen molar-refractivity contribution in [2.24, 2.45) is 0 Å². The van der Waals surface area contributed by atoms with Gasteiger partial charge in [-0.1, -0.05) is 163 Å². The van der Waals surface area contributed by atoms with Gasteiger partial charge in [0.1, 0.15) is 11.9 Å². The minimum absolute atomic E-state index is 0. The number of fused-ring (bicyclic) bond motifs is 7. The molecule has 11 rings (SSSR count). The first-order chi connectivity index (χ1) is 32.6. The van der Waals surface area contributed by atoms with E-state index in [2.05, 4.69) is 210 Å². The first kappa shape index (κ1) is 47.6. The Morgan fingerprint density at radius 2 is 1.29 bits per heavy atom. The van der Waals surface area contributed by atoms with E-state index in [4.69, 9.17) is 9.40 Å². The maximum absolute atomic E-state index is 6.94. The molecular weight excluding hydrogens is 1040 g/mol. The molecule has 0 aliphatic heterocycles. The van der Waals surface area contributed by atoms with Crippen molar-refractivity contribution in [1.82, 2.24) is 19.5 Å². The molecule has 5 nitrogen and oxygen atoms in total. The Morgan fingerprint density at radius 1 is 0.609 bits per heavy atom. The van der Waals surface area contributed by atoms with Crippen LogP contribution in [0.3, 0.4) is 0 Å². The van der Waals surface area contributed by atoms with Crippen molar-refractivity contribution in [2.75, 3.05) is 0 Å². The predicted molar refractivity (Wildman–Crippen MR) is 289 cm³/mol. The van der Waals surface area contributed by atoms with Gasteiger partial charge < -0.3 is 8.98 Å². The summed E-state index contributed by atoms with van der Waals surface area (Å²) in [5.41, 5.74) is 13.9. The Labute approximate surface area is 421 Å². The van der Waals surface area contributed by atoms with Gasteiger partial charge in [0, 0.05) is 42.3 Å². The minimum atomic E-state index is -1.49. The van der Waals surface area contributed by atoms with Crippen molar-refractivity contribution in [3.63, 3.8) is 0 Å². The van der Waals surface area contributed by atoms with E-state index in [1.54, 1.807) is 6.33 Å². The summed E-state index contributed by atoms with van der Waals surface area (Å²) in [5.74, 6) is 1.40. The summed E-state index contributed by atoms with van der Waals surface area (Å²) < 4.78 is 9.32. The van der Waals surface area contributed by atoms with E-state index in [1.165, 1.54) is 54.7 Å². The normalized spacial score (nSPS) is 12.1. The van der Waals surface area contributed by atoms with Gasteiger partial charge in [0.05, 0.1) is 30.5 Å². The number of rotatable bonds is 7.